The van der Waals surface area contributed by atoms with Crippen LogP contribution in [0.1, 0.15) is 71.6 Å². The molecule has 120 valence electrons. The Bertz CT molecular complexity index is 535. The van der Waals surface area contributed by atoms with Crippen LogP contribution in [0.5, 0.6) is 0 Å². The molecule has 2 heteroatoms. The van der Waals surface area contributed by atoms with Crippen LogP contribution in [0.4, 0.5) is 0 Å². The maximum atomic E-state index is 9.94. The molecule has 3 aliphatic carbocycles. The number of allylic oxidation sites excluding steroid dienone is 8. The van der Waals surface area contributed by atoms with Crippen LogP contribution in [0, 0.1) is 5.41 Å². The summed E-state index contributed by atoms with van der Waals surface area (Å²) in [7, 11) is 0. The number of hydrogen-bond donors (Lipinski definition) is 2. The summed E-state index contributed by atoms with van der Waals surface area (Å²) in [5.74, 6) is 1.11. The van der Waals surface area contributed by atoms with Crippen LogP contribution >= 0.6 is 0 Å². The normalized spacial score (nSPS) is 25.9. The Morgan fingerprint density at radius 3 is 1.59 bits per heavy atom. The molecule has 1 fully saturated rings. The molecular formula is C20H28O2. The van der Waals surface area contributed by atoms with Crippen molar-refractivity contribution in [1.29, 1.82) is 0 Å². The first kappa shape index (κ1) is 15.5. The molecule has 2 nitrogen and oxygen atoms in total. The van der Waals surface area contributed by atoms with E-state index in [4.69, 9.17) is 0 Å². The molecule has 0 spiro atoms. The van der Waals surface area contributed by atoms with E-state index in [1.165, 1.54) is 43.3 Å². The number of rotatable bonds is 2. The van der Waals surface area contributed by atoms with Crippen molar-refractivity contribution in [2.75, 3.05) is 0 Å². The third-order valence-electron chi connectivity index (χ3n) is 5.89. The van der Waals surface area contributed by atoms with Crippen LogP contribution in [0.25, 0.3) is 0 Å². The van der Waals surface area contributed by atoms with Crippen LogP contribution in [0.2, 0.25) is 0 Å². The Kier molecular flexibility index (Phi) is 4.20. The highest BCUT2D eigenvalue weighted by atomic mass is 16.3. The molecule has 0 aromatic carbocycles. The lowest BCUT2D eigenvalue weighted by Gasteiger charge is -2.44. The molecule has 0 bridgehead atoms. The van der Waals surface area contributed by atoms with Crippen molar-refractivity contribution in [2.45, 2.75) is 71.6 Å². The van der Waals surface area contributed by atoms with Crippen LogP contribution in [-0.2, 0) is 0 Å². The fourth-order valence-electron chi connectivity index (χ4n) is 4.49. The average Bonchev–Trinajstić information content (AvgIpc) is 2.53. The molecule has 3 rings (SSSR count). The van der Waals surface area contributed by atoms with Gasteiger partial charge in [0, 0.05) is 18.3 Å². The predicted molar refractivity (Wildman–Crippen MR) is 90.8 cm³/mol. The minimum Gasteiger partial charge on any atom is -0.512 e. The molecule has 0 saturated heterocycles. The molecule has 0 aromatic rings. The lowest BCUT2D eigenvalue weighted by Crippen LogP contribution is -2.31. The van der Waals surface area contributed by atoms with E-state index < -0.39 is 0 Å². The van der Waals surface area contributed by atoms with Gasteiger partial charge in [0.05, 0.1) is 11.5 Å². The number of hydrogen-bond acceptors (Lipinski definition) is 2. The van der Waals surface area contributed by atoms with Crippen LogP contribution in [0.15, 0.2) is 46.0 Å². The van der Waals surface area contributed by atoms with E-state index in [-0.39, 0.29) is 5.41 Å². The maximum Gasteiger partial charge on any atom is 0.0954 e. The van der Waals surface area contributed by atoms with Gasteiger partial charge in [-0.25, -0.2) is 0 Å². The van der Waals surface area contributed by atoms with Gasteiger partial charge in [0.15, 0.2) is 0 Å². The Morgan fingerprint density at radius 1 is 0.727 bits per heavy atom. The van der Waals surface area contributed by atoms with Gasteiger partial charge >= 0.3 is 0 Å². The Hall–Kier alpha value is -1.44. The third-order valence-corrected chi connectivity index (χ3v) is 5.89. The molecule has 0 amide bonds. The lowest BCUT2D eigenvalue weighted by molar-refractivity contribution is 0.263. The second-order valence-electron chi connectivity index (χ2n) is 7.24. The van der Waals surface area contributed by atoms with Gasteiger partial charge in [-0.2, -0.15) is 0 Å². The van der Waals surface area contributed by atoms with Crippen molar-refractivity contribution in [3.05, 3.63) is 46.0 Å². The van der Waals surface area contributed by atoms with Crippen molar-refractivity contribution in [3.8, 4) is 0 Å². The van der Waals surface area contributed by atoms with Crippen LogP contribution in [-0.4, -0.2) is 10.2 Å². The highest BCUT2D eigenvalue weighted by Gasteiger charge is 2.40. The van der Waals surface area contributed by atoms with E-state index in [1.807, 2.05) is 13.8 Å². The summed E-state index contributed by atoms with van der Waals surface area (Å²) in [5, 5.41) is 19.9. The van der Waals surface area contributed by atoms with Gasteiger partial charge in [0.2, 0.25) is 0 Å². The van der Waals surface area contributed by atoms with E-state index in [0.29, 0.717) is 11.5 Å². The van der Waals surface area contributed by atoms with Crippen molar-refractivity contribution in [1.82, 2.24) is 0 Å². The first-order chi connectivity index (χ1) is 10.5. The van der Waals surface area contributed by atoms with Gasteiger partial charge in [-0.15, -0.1) is 0 Å². The zero-order chi connectivity index (χ0) is 15.7. The molecular weight excluding hydrogens is 272 g/mol. The van der Waals surface area contributed by atoms with Crippen molar-refractivity contribution in [2.24, 2.45) is 5.41 Å². The summed E-state index contributed by atoms with van der Waals surface area (Å²) in [6, 6.07) is 0. The molecule has 0 heterocycles. The van der Waals surface area contributed by atoms with Gasteiger partial charge in [0.25, 0.3) is 0 Å². The summed E-state index contributed by atoms with van der Waals surface area (Å²) in [5.41, 5.74) is 5.30. The molecule has 0 aliphatic heterocycles. The highest BCUT2D eigenvalue weighted by molar-refractivity contribution is 5.43. The second-order valence-corrected chi connectivity index (χ2v) is 7.24. The van der Waals surface area contributed by atoms with Crippen molar-refractivity contribution in [3.63, 3.8) is 0 Å². The SMILES string of the molecule is CC1=C(O)CCC(C2(C3=CC(C)=C(O)CC3)CCCCC2)=C1. The molecule has 22 heavy (non-hydrogen) atoms. The maximum absolute atomic E-state index is 9.94. The monoisotopic (exact) mass is 300 g/mol. The summed E-state index contributed by atoms with van der Waals surface area (Å²) in [6.07, 6.45) is 14.4. The Labute approximate surface area is 133 Å². The fraction of sp³-hybridized carbons (Fsp3) is 0.600. The summed E-state index contributed by atoms with van der Waals surface area (Å²) in [4.78, 5) is 0. The van der Waals surface area contributed by atoms with E-state index in [9.17, 15) is 10.2 Å². The molecule has 2 N–H and O–H groups in total. The summed E-state index contributed by atoms with van der Waals surface area (Å²) < 4.78 is 0. The van der Waals surface area contributed by atoms with Crippen LogP contribution in [0.3, 0.4) is 0 Å². The number of aliphatic hydroxyl groups excluding tert-OH is 2. The standard InChI is InChI=1S/C20H28O2/c1-14-12-16(6-8-18(14)21)20(10-4-3-5-11-20)17-7-9-19(22)15(2)13-17/h12-13,21-22H,3-11H2,1-2H3. The average molecular weight is 300 g/mol. The molecule has 3 aliphatic rings. The first-order valence-corrected chi connectivity index (χ1v) is 8.72. The van der Waals surface area contributed by atoms with Crippen molar-refractivity contribution < 1.29 is 10.2 Å². The second kappa shape index (κ2) is 5.98. The Balaban J connectivity index is 2.03. The largest absolute Gasteiger partial charge is 0.512 e. The van der Waals surface area contributed by atoms with Crippen LogP contribution < -0.4 is 0 Å². The smallest absolute Gasteiger partial charge is 0.0954 e. The molecule has 0 atom stereocenters. The molecule has 0 unspecified atom stereocenters. The minimum absolute atomic E-state index is 0.183. The Morgan fingerprint density at radius 2 is 1.18 bits per heavy atom. The summed E-state index contributed by atoms with van der Waals surface area (Å²) in [6.45, 7) is 4.05. The topological polar surface area (TPSA) is 40.5 Å². The first-order valence-electron chi connectivity index (χ1n) is 8.72. The van der Waals surface area contributed by atoms with E-state index in [0.717, 1.165) is 36.8 Å². The van der Waals surface area contributed by atoms with Gasteiger partial charge in [-0.1, -0.05) is 42.6 Å². The molecule has 1 saturated carbocycles. The van der Waals surface area contributed by atoms with Gasteiger partial charge in [-0.3, -0.25) is 0 Å². The third kappa shape index (κ3) is 2.64. The quantitative estimate of drug-likeness (QED) is 0.652. The van der Waals surface area contributed by atoms with Gasteiger partial charge < -0.3 is 10.2 Å². The fourth-order valence-corrected chi connectivity index (χ4v) is 4.49. The zero-order valence-electron chi connectivity index (χ0n) is 13.9. The predicted octanol–water partition coefficient (Wildman–Crippen LogP) is 6.04. The molecule has 0 radical (unpaired) electrons. The number of aliphatic hydroxyl groups is 2. The lowest BCUT2D eigenvalue weighted by atomic mass is 9.60. The van der Waals surface area contributed by atoms with E-state index in [2.05, 4.69) is 12.2 Å². The van der Waals surface area contributed by atoms with E-state index >= 15 is 0 Å². The van der Waals surface area contributed by atoms with Crippen molar-refractivity contribution >= 4 is 0 Å². The van der Waals surface area contributed by atoms with Gasteiger partial charge in [-0.05, 0) is 50.7 Å². The zero-order valence-corrected chi connectivity index (χ0v) is 13.9. The van der Waals surface area contributed by atoms with E-state index in [1.54, 1.807) is 0 Å². The molecule has 0 aromatic heterocycles. The highest BCUT2D eigenvalue weighted by Crippen LogP contribution is 2.53. The summed E-state index contributed by atoms with van der Waals surface area (Å²) >= 11 is 0. The van der Waals surface area contributed by atoms with Gasteiger partial charge in [0.1, 0.15) is 0 Å². The minimum atomic E-state index is 0.183.